The Balaban J connectivity index is 1.73. The Morgan fingerprint density at radius 2 is 1.75 bits per heavy atom. The molecule has 0 saturated carbocycles. The van der Waals surface area contributed by atoms with Gasteiger partial charge in [-0.1, -0.05) is 22.9 Å². The average Bonchev–Trinajstić information content (AvgIpc) is 3.20. The molecule has 0 aliphatic rings. The number of sulfone groups is 1. The van der Waals surface area contributed by atoms with Crippen molar-refractivity contribution in [3.63, 3.8) is 0 Å². The molecule has 2 aromatic carbocycles. The predicted octanol–water partition coefficient (Wildman–Crippen LogP) is 5.37. The summed E-state index contributed by atoms with van der Waals surface area (Å²) in [6.45, 7) is 3.55. The van der Waals surface area contributed by atoms with Crippen LogP contribution < -0.4 is 4.90 Å². The van der Waals surface area contributed by atoms with Crippen LogP contribution in [0.15, 0.2) is 71.9 Å². The zero-order chi connectivity index (χ0) is 22.9. The summed E-state index contributed by atoms with van der Waals surface area (Å²) >= 11 is 7.48. The summed E-state index contributed by atoms with van der Waals surface area (Å²) in [4.78, 5) is 23.9. The number of nitrogens with zero attached hydrogens (tertiary/aromatic N) is 3. The summed E-state index contributed by atoms with van der Waals surface area (Å²) in [5.74, 6) is -0.277. The topological polar surface area (TPSA) is 80.2 Å². The second-order valence-corrected chi connectivity index (χ2v) is 11.4. The van der Waals surface area contributed by atoms with Gasteiger partial charge in [0.1, 0.15) is 0 Å². The molecule has 0 unspecified atom stereocenters. The predicted molar refractivity (Wildman–Crippen MR) is 128 cm³/mol. The number of amides is 1. The minimum Gasteiger partial charge on any atom is -0.279 e. The second-order valence-electron chi connectivity index (χ2n) is 7.47. The van der Waals surface area contributed by atoms with Crippen molar-refractivity contribution in [3.05, 3.63) is 83.1 Å². The van der Waals surface area contributed by atoms with Crippen molar-refractivity contribution in [3.8, 4) is 0 Å². The highest BCUT2D eigenvalue weighted by Crippen LogP contribution is 2.32. The van der Waals surface area contributed by atoms with Gasteiger partial charge in [-0.15, -0.1) is 0 Å². The highest BCUT2D eigenvalue weighted by molar-refractivity contribution is 7.92. The minimum atomic E-state index is -3.42. The van der Waals surface area contributed by atoms with E-state index in [-0.39, 0.29) is 10.8 Å². The molecule has 2 aromatic heterocycles. The van der Waals surface area contributed by atoms with Crippen LogP contribution in [0.4, 0.5) is 5.13 Å². The van der Waals surface area contributed by atoms with Crippen molar-refractivity contribution >= 4 is 54.0 Å². The molecular formula is C23H20ClN3O3S2. The summed E-state index contributed by atoms with van der Waals surface area (Å²) in [7, 11) is -3.42. The van der Waals surface area contributed by atoms with E-state index in [0.717, 1.165) is 15.8 Å². The van der Waals surface area contributed by atoms with Crippen LogP contribution in [0.5, 0.6) is 0 Å². The Labute approximate surface area is 195 Å². The number of benzene rings is 2. The van der Waals surface area contributed by atoms with Gasteiger partial charge >= 0.3 is 0 Å². The van der Waals surface area contributed by atoms with E-state index in [9.17, 15) is 13.2 Å². The number of thiazole rings is 1. The molecule has 6 nitrogen and oxygen atoms in total. The van der Waals surface area contributed by atoms with Crippen LogP contribution in [-0.4, -0.2) is 29.5 Å². The molecule has 2 heterocycles. The van der Waals surface area contributed by atoms with E-state index in [4.69, 9.17) is 11.6 Å². The highest BCUT2D eigenvalue weighted by Gasteiger charge is 2.24. The Kier molecular flexibility index (Phi) is 6.28. The van der Waals surface area contributed by atoms with Gasteiger partial charge in [-0.2, -0.15) is 0 Å². The fraction of sp³-hybridized carbons (Fsp3) is 0.174. The van der Waals surface area contributed by atoms with Gasteiger partial charge in [-0.05, 0) is 74.0 Å². The van der Waals surface area contributed by atoms with Crippen molar-refractivity contribution < 1.29 is 13.2 Å². The van der Waals surface area contributed by atoms with Gasteiger partial charge in [0.15, 0.2) is 15.0 Å². The molecule has 0 bridgehead atoms. The maximum atomic E-state index is 13.5. The molecule has 0 spiro atoms. The summed E-state index contributed by atoms with van der Waals surface area (Å²) < 4.78 is 25.7. The van der Waals surface area contributed by atoms with Gasteiger partial charge in [0, 0.05) is 23.0 Å². The maximum Gasteiger partial charge on any atom is 0.260 e. The zero-order valence-electron chi connectivity index (χ0n) is 17.4. The number of halogens is 1. The van der Waals surface area contributed by atoms with Crippen LogP contribution in [0.25, 0.3) is 10.2 Å². The number of hydrogen-bond acceptors (Lipinski definition) is 6. The number of aromatic nitrogens is 2. The van der Waals surface area contributed by atoms with Crippen molar-refractivity contribution in [2.24, 2.45) is 0 Å². The van der Waals surface area contributed by atoms with E-state index in [1.165, 1.54) is 23.5 Å². The molecule has 0 aliphatic heterocycles. The average molecular weight is 486 g/mol. The van der Waals surface area contributed by atoms with Crippen LogP contribution >= 0.6 is 22.9 Å². The fourth-order valence-corrected chi connectivity index (χ4v) is 5.41. The summed E-state index contributed by atoms with van der Waals surface area (Å²) in [6.07, 6.45) is 3.34. The number of fused-ring (bicyclic) bond motifs is 1. The standard InChI is InChI=1S/C23H20ClN3O3S2/c1-15(2)32(29,30)19-6-3-17(4-7-19)22(28)27(14-16-9-11-25-12-10-16)23-26-20-8-5-18(24)13-21(20)31-23/h3-13,15H,14H2,1-2H3. The van der Waals surface area contributed by atoms with Crippen molar-refractivity contribution in [1.82, 2.24) is 9.97 Å². The molecular weight excluding hydrogens is 466 g/mol. The third kappa shape index (κ3) is 4.53. The summed E-state index contributed by atoms with van der Waals surface area (Å²) in [5, 5.41) is 0.589. The molecule has 0 aliphatic carbocycles. The molecule has 4 aromatic rings. The van der Waals surface area contributed by atoms with Gasteiger partial charge in [-0.25, -0.2) is 13.4 Å². The van der Waals surface area contributed by atoms with E-state index in [0.29, 0.717) is 22.3 Å². The van der Waals surface area contributed by atoms with Crippen LogP contribution in [0.1, 0.15) is 29.8 Å². The Morgan fingerprint density at radius 1 is 1.06 bits per heavy atom. The maximum absolute atomic E-state index is 13.5. The quantitative estimate of drug-likeness (QED) is 0.366. The van der Waals surface area contributed by atoms with Gasteiger partial charge in [0.05, 0.1) is 26.9 Å². The second kappa shape index (κ2) is 8.97. The first-order chi connectivity index (χ1) is 15.3. The normalized spacial score (nSPS) is 11.8. The summed E-state index contributed by atoms with van der Waals surface area (Å²) in [5.41, 5.74) is 2.02. The third-order valence-electron chi connectivity index (χ3n) is 4.96. The first kappa shape index (κ1) is 22.4. The van der Waals surface area contributed by atoms with Gasteiger partial charge in [-0.3, -0.25) is 14.7 Å². The Bertz CT molecular complexity index is 1370. The number of rotatable bonds is 6. The van der Waals surface area contributed by atoms with Crippen LogP contribution in [0.3, 0.4) is 0 Å². The molecule has 32 heavy (non-hydrogen) atoms. The Hall–Kier alpha value is -2.81. The van der Waals surface area contributed by atoms with Gasteiger partial charge in [0.25, 0.3) is 5.91 Å². The minimum absolute atomic E-state index is 0.194. The summed E-state index contributed by atoms with van der Waals surface area (Å²) in [6, 6.07) is 15.1. The van der Waals surface area contributed by atoms with E-state index in [1.807, 2.05) is 24.3 Å². The molecule has 0 radical (unpaired) electrons. The fourth-order valence-electron chi connectivity index (χ4n) is 3.11. The van der Waals surface area contributed by atoms with Crippen LogP contribution in [0, 0.1) is 0 Å². The molecule has 0 saturated heterocycles. The number of anilines is 1. The van der Waals surface area contributed by atoms with E-state index in [1.54, 1.807) is 49.3 Å². The molecule has 0 N–H and O–H groups in total. The Morgan fingerprint density at radius 3 is 2.41 bits per heavy atom. The van der Waals surface area contributed by atoms with E-state index >= 15 is 0 Å². The first-order valence-corrected chi connectivity index (χ1v) is 12.6. The molecule has 4 rings (SSSR count). The molecule has 0 fully saturated rings. The number of pyridine rings is 1. The first-order valence-electron chi connectivity index (χ1n) is 9.86. The van der Waals surface area contributed by atoms with E-state index < -0.39 is 15.1 Å². The number of hydrogen-bond donors (Lipinski definition) is 0. The van der Waals surface area contributed by atoms with Gasteiger partial charge in [0.2, 0.25) is 0 Å². The van der Waals surface area contributed by atoms with Crippen molar-refractivity contribution in [2.45, 2.75) is 30.5 Å². The number of carbonyl (C=O) groups is 1. The lowest BCUT2D eigenvalue weighted by atomic mass is 10.2. The van der Waals surface area contributed by atoms with E-state index in [2.05, 4.69) is 9.97 Å². The lowest BCUT2D eigenvalue weighted by molar-refractivity contribution is 0.0985. The van der Waals surface area contributed by atoms with Crippen LogP contribution in [0.2, 0.25) is 5.02 Å². The van der Waals surface area contributed by atoms with Crippen molar-refractivity contribution in [2.75, 3.05) is 4.90 Å². The van der Waals surface area contributed by atoms with Crippen molar-refractivity contribution in [1.29, 1.82) is 0 Å². The monoisotopic (exact) mass is 485 g/mol. The highest BCUT2D eigenvalue weighted by atomic mass is 35.5. The molecule has 1 amide bonds. The SMILES string of the molecule is CC(C)S(=O)(=O)c1ccc(C(=O)N(Cc2ccncc2)c2nc3ccc(Cl)cc3s2)cc1. The van der Waals surface area contributed by atoms with Crippen LogP contribution in [-0.2, 0) is 16.4 Å². The smallest absolute Gasteiger partial charge is 0.260 e. The lowest BCUT2D eigenvalue weighted by Gasteiger charge is -2.20. The number of carbonyl (C=O) groups excluding carboxylic acids is 1. The molecule has 0 atom stereocenters. The van der Waals surface area contributed by atoms with Gasteiger partial charge < -0.3 is 0 Å². The third-order valence-corrected chi connectivity index (χ3v) is 8.40. The zero-order valence-corrected chi connectivity index (χ0v) is 19.8. The lowest BCUT2D eigenvalue weighted by Crippen LogP contribution is -2.30. The largest absolute Gasteiger partial charge is 0.279 e. The molecule has 9 heteroatoms. The molecule has 164 valence electrons.